The summed E-state index contributed by atoms with van der Waals surface area (Å²) < 4.78 is 0.324. The van der Waals surface area contributed by atoms with Crippen LogP contribution in [0.2, 0.25) is 5.02 Å². The second kappa shape index (κ2) is 5.89. The van der Waals surface area contributed by atoms with Gasteiger partial charge in [-0.2, -0.15) is 5.10 Å². The average molecular weight is 343 g/mol. The summed E-state index contributed by atoms with van der Waals surface area (Å²) >= 11 is 6.01. The SMILES string of the molecule is O=C[N+]1(CNc2cccc(Cl)c2)CCc2c(cnc3[nH]ncc23)C1. The second-order valence-electron chi connectivity index (χ2n) is 6.20. The fourth-order valence-electron chi connectivity index (χ4n) is 3.29. The highest BCUT2D eigenvalue weighted by molar-refractivity contribution is 6.30. The fraction of sp³-hybridized carbons (Fsp3) is 0.235. The van der Waals surface area contributed by atoms with E-state index in [9.17, 15) is 4.79 Å². The summed E-state index contributed by atoms with van der Waals surface area (Å²) in [5, 5.41) is 12.0. The highest BCUT2D eigenvalue weighted by atomic mass is 35.5. The van der Waals surface area contributed by atoms with E-state index in [1.165, 1.54) is 5.56 Å². The lowest BCUT2D eigenvalue weighted by molar-refractivity contribution is -0.858. The van der Waals surface area contributed by atoms with E-state index in [0.717, 1.165) is 41.7 Å². The van der Waals surface area contributed by atoms with E-state index in [-0.39, 0.29) is 0 Å². The Hall–Kier alpha value is -2.44. The van der Waals surface area contributed by atoms with Crippen molar-refractivity contribution in [2.45, 2.75) is 13.0 Å². The lowest BCUT2D eigenvalue weighted by Gasteiger charge is -2.36. The molecule has 1 aromatic carbocycles. The van der Waals surface area contributed by atoms with E-state index in [1.807, 2.05) is 36.7 Å². The topological polar surface area (TPSA) is 70.7 Å². The normalized spacial score (nSPS) is 19.9. The lowest BCUT2D eigenvalue weighted by Crippen LogP contribution is -2.52. The molecule has 1 amide bonds. The van der Waals surface area contributed by atoms with E-state index in [4.69, 9.17) is 11.6 Å². The molecule has 122 valence electrons. The maximum absolute atomic E-state index is 11.9. The molecule has 0 saturated carbocycles. The second-order valence-corrected chi connectivity index (χ2v) is 6.63. The van der Waals surface area contributed by atoms with Crippen molar-refractivity contribution in [2.24, 2.45) is 0 Å². The van der Waals surface area contributed by atoms with Crippen LogP contribution in [0.5, 0.6) is 0 Å². The van der Waals surface area contributed by atoms with E-state index in [0.29, 0.717) is 22.7 Å². The maximum Gasteiger partial charge on any atom is 0.303 e. The molecule has 4 rings (SSSR count). The van der Waals surface area contributed by atoms with Crippen LogP contribution in [0.3, 0.4) is 0 Å². The minimum absolute atomic E-state index is 0.324. The Labute approximate surface area is 144 Å². The first kappa shape index (κ1) is 15.1. The summed E-state index contributed by atoms with van der Waals surface area (Å²) in [7, 11) is 0. The first-order chi connectivity index (χ1) is 11.7. The van der Waals surface area contributed by atoms with Crippen LogP contribution in [0.15, 0.2) is 36.7 Å². The number of carbonyl (C=O) groups excluding carboxylic acids is 1. The van der Waals surface area contributed by atoms with Gasteiger partial charge in [-0.05, 0) is 23.8 Å². The number of nitrogens with one attached hydrogen (secondary N) is 2. The van der Waals surface area contributed by atoms with Crippen molar-refractivity contribution in [3.63, 3.8) is 0 Å². The summed E-state index contributed by atoms with van der Waals surface area (Å²) in [5.41, 5.74) is 4.07. The summed E-state index contributed by atoms with van der Waals surface area (Å²) in [6.45, 7) is 1.89. The van der Waals surface area contributed by atoms with Crippen LogP contribution in [0, 0.1) is 0 Å². The molecule has 2 N–H and O–H groups in total. The number of H-pyrrole nitrogens is 1. The molecule has 0 aliphatic carbocycles. The third-order valence-electron chi connectivity index (χ3n) is 4.62. The number of anilines is 1. The molecule has 0 fully saturated rings. The molecule has 7 heteroatoms. The number of carbonyl (C=O) groups is 1. The molecule has 24 heavy (non-hydrogen) atoms. The van der Waals surface area contributed by atoms with Gasteiger partial charge in [0.25, 0.3) is 0 Å². The largest absolute Gasteiger partial charge is 0.338 e. The van der Waals surface area contributed by atoms with Crippen LogP contribution in [-0.4, -0.2) is 39.3 Å². The predicted octanol–water partition coefficient (Wildman–Crippen LogP) is 2.71. The number of aromatic nitrogens is 3. The lowest BCUT2D eigenvalue weighted by atomic mass is 9.98. The zero-order chi connectivity index (χ0) is 16.6. The number of halogens is 1. The van der Waals surface area contributed by atoms with Crippen LogP contribution < -0.4 is 5.32 Å². The molecule has 0 bridgehead atoms. The highest BCUT2D eigenvalue weighted by Gasteiger charge is 2.34. The molecule has 0 radical (unpaired) electrons. The molecule has 6 nitrogen and oxygen atoms in total. The number of nitrogens with zero attached hydrogens (tertiary/aromatic N) is 3. The number of amides is 1. The van der Waals surface area contributed by atoms with Gasteiger partial charge in [0.1, 0.15) is 6.54 Å². The van der Waals surface area contributed by atoms with E-state index < -0.39 is 0 Å². The first-order valence-corrected chi connectivity index (χ1v) is 8.18. The molecule has 3 heterocycles. The fourth-order valence-corrected chi connectivity index (χ4v) is 3.48. The summed E-state index contributed by atoms with van der Waals surface area (Å²) in [6.07, 6.45) is 5.51. The quantitative estimate of drug-likeness (QED) is 0.565. The molecule has 0 spiro atoms. The van der Waals surface area contributed by atoms with Gasteiger partial charge in [0.2, 0.25) is 0 Å². The van der Waals surface area contributed by atoms with E-state index >= 15 is 0 Å². The molecular formula is C17H17ClN5O+. The molecule has 1 atom stereocenters. The van der Waals surface area contributed by atoms with Gasteiger partial charge in [-0.15, -0.1) is 0 Å². The Morgan fingerprint density at radius 3 is 3.12 bits per heavy atom. The number of benzene rings is 1. The minimum Gasteiger partial charge on any atom is -0.338 e. The van der Waals surface area contributed by atoms with Gasteiger partial charge < -0.3 is 5.32 Å². The molecule has 1 aliphatic rings. The van der Waals surface area contributed by atoms with Gasteiger partial charge >= 0.3 is 6.41 Å². The Bertz CT molecular complexity index is 909. The van der Waals surface area contributed by atoms with Gasteiger partial charge in [0, 0.05) is 34.3 Å². The number of pyridine rings is 1. The maximum atomic E-state index is 11.9. The number of quaternary nitrogens is 1. The van der Waals surface area contributed by atoms with Crippen LogP contribution >= 0.6 is 11.6 Å². The molecule has 1 unspecified atom stereocenters. The van der Waals surface area contributed by atoms with Crippen molar-refractivity contribution in [1.82, 2.24) is 15.2 Å². The average Bonchev–Trinajstić information content (AvgIpc) is 3.09. The van der Waals surface area contributed by atoms with Crippen molar-refractivity contribution in [3.8, 4) is 0 Å². The van der Waals surface area contributed by atoms with E-state index in [1.54, 1.807) is 0 Å². The van der Waals surface area contributed by atoms with Crippen LogP contribution in [0.4, 0.5) is 5.69 Å². The first-order valence-electron chi connectivity index (χ1n) is 7.80. The number of hydrogen-bond acceptors (Lipinski definition) is 4. The number of rotatable bonds is 4. The zero-order valence-corrected chi connectivity index (χ0v) is 13.8. The standard InChI is InChI=1S/C17H17ClN5O/c18-13-2-1-3-14(6-13)20-10-23(11-24)5-4-15-12(9-23)7-19-17-16(15)8-21-22-17/h1-3,6-8,11,20H,4-5,9-10H2,(H,19,21,22)/q+1. The van der Waals surface area contributed by atoms with E-state index in [2.05, 4.69) is 20.5 Å². The van der Waals surface area contributed by atoms with Gasteiger partial charge in [-0.3, -0.25) is 5.10 Å². The Balaban J connectivity index is 1.58. The van der Waals surface area contributed by atoms with Crippen molar-refractivity contribution in [3.05, 3.63) is 52.8 Å². The Kier molecular flexibility index (Phi) is 3.70. The third-order valence-corrected chi connectivity index (χ3v) is 4.86. The molecular weight excluding hydrogens is 326 g/mol. The number of aromatic amines is 1. The van der Waals surface area contributed by atoms with Gasteiger partial charge in [0.05, 0.1) is 12.7 Å². The zero-order valence-electron chi connectivity index (χ0n) is 13.0. The van der Waals surface area contributed by atoms with Gasteiger partial charge in [0.15, 0.2) is 12.3 Å². The van der Waals surface area contributed by atoms with Crippen molar-refractivity contribution in [2.75, 3.05) is 18.5 Å². The minimum atomic E-state index is 0.324. The number of hydrogen-bond donors (Lipinski definition) is 2. The highest BCUT2D eigenvalue weighted by Crippen LogP contribution is 2.28. The predicted molar refractivity (Wildman–Crippen MR) is 92.4 cm³/mol. The summed E-state index contributed by atoms with van der Waals surface area (Å²) in [4.78, 5) is 16.3. The Morgan fingerprint density at radius 1 is 1.38 bits per heavy atom. The molecule has 2 aromatic heterocycles. The van der Waals surface area contributed by atoms with Crippen LogP contribution in [-0.2, 0) is 17.8 Å². The molecule has 1 aliphatic heterocycles. The molecule has 3 aromatic rings. The van der Waals surface area contributed by atoms with Crippen LogP contribution in [0.1, 0.15) is 11.1 Å². The Morgan fingerprint density at radius 2 is 2.29 bits per heavy atom. The summed E-state index contributed by atoms with van der Waals surface area (Å²) in [6, 6.07) is 7.52. The van der Waals surface area contributed by atoms with Crippen molar-refractivity contribution < 1.29 is 9.28 Å². The smallest absolute Gasteiger partial charge is 0.303 e. The van der Waals surface area contributed by atoms with Gasteiger partial charge in [-0.25, -0.2) is 14.3 Å². The summed E-state index contributed by atoms with van der Waals surface area (Å²) in [5.74, 6) is 0. The third kappa shape index (κ3) is 2.64. The van der Waals surface area contributed by atoms with Gasteiger partial charge in [-0.1, -0.05) is 17.7 Å². The van der Waals surface area contributed by atoms with Crippen molar-refractivity contribution in [1.29, 1.82) is 0 Å². The van der Waals surface area contributed by atoms with Crippen LogP contribution in [0.25, 0.3) is 11.0 Å². The number of fused-ring (bicyclic) bond motifs is 3. The monoisotopic (exact) mass is 342 g/mol. The molecule has 0 saturated heterocycles. The van der Waals surface area contributed by atoms with Crippen molar-refractivity contribution >= 4 is 34.7 Å².